The van der Waals surface area contributed by atoms with Gasteiger partial charge in [-0.15, -0.1) is 0 Å². The molecule has 1 rings (SSSR count). The molecule has 1 unspecified atom stereocenters. The molecule has 0 saturated carbocycles. The molecule has 0 amide bonds. The second kappa shape index (κ2) is 5.78. The molecule has 0 radical (unpaired) electrons. The normalized spacial score (nSPS) is 13.1. The molecule has 0 spiro atoms. The topological polar surface area (TPSA) is 53.1 Å². The smallest absolute Gasteiger partial charge is 0.0522 e. The van der Waals surface area contributed by atoms with Crippen molar-refractivity contribution < 1.29 is 4.74 Å². The minimum atomic E-state index is 0.172. The van der Waals surface area contributed by atoms with Crippen molar-refractivity contribution in [1.82, 2.24) is 9.78 Å². The average molecular weight is 197 g/mol. The molecule has 0 aliphatic rings. The van der Waals surface area contributed by atoms with Crippen LogP contribution in [0.3, 0.4) is 0 Å². The lowest BCUT2D eigenvalue weighted by Crippen LogP contribution is -2.24. The number of nitrogens with zero attached hydrogens (tertiary/aromatic N) is 2. The summed E-state index contributed by atoms with van der Waals surface area (Å²) < 4.78 is 7.04. The molecule has 1 aromatic rings. The summed E-state index contributed by atoms with van der Waals surface area (Å²) in [6, 6.07) is 0.172. The van der Waals surface area contributed by atoms with Gasteiger partial charge in [-0.3, -0.25) is 4.68 Å². The Labute approximate surface area is 85.0 Å². The first kappa shape index (κ1) is 11.2. The Kier molecular flexibility index (Phi) is 4.62. The molecule has 4 nitrogen and oxygen atoms in total. The Hall–Kier alpha value is -0.870. The number of aromatic nitrogens is 2. The van der Waals surface area contributed by atoms with E-state index in [1.807, 2.05) is 26.4 Å². The first-order chi connectivity index (χ1) is 6.72. The molecule has 0 fully saturated rings. The van der Waals surface area contributed by atoms with Crippen molar-refractivity contribution in [2.24, 2.45) is 12.8 Å². The molecular weight excluding hydrogens is 178 g/mol. The minimum Gasteiger partial charge on any atom is -0.382 e. The fraction of sp³-hybridized carbons (Fsp3) is 0.700. The number of aryl methyl sites for hydroxylation is 1. The Bertz CT molecular complexity index is 260. The molecule has 0 aliphatic carbocycles. The molecule has 0 bridgehead atoms. The Morgan fingerprint density at radius 3 is 3.00 bits per heavy atom. The van der Waals surface area contributed by atoms with E-state index in [2.05, 4.69) is 5.10 Å². The highest BCUT2D eigenvalue weighted by molar-refractivity contribution is 5.05. The molecule has 0 saturated heterocycles. The van der Waals surface area contributed by atoms with Gasteiger partial charge in [-0.05, 0) is 25.3 Å². The molecule has 1 atom stereocenters. The second-order valence-corrected chi connectivity index (χ2v) is 3.47. The van der Waals surface area contributed by atoms with Crippen LogP contribution in [0.2, 0.25) is 0 Å². The maximum Gasteiger partial charge on any atom is 0.0522 e. The number of hydrogen-bond donors (Lipinski definition) is 1. The number of nitrogens with two attached hydrogens (primary N) is 1. The molecule has 0 aliphatic heterocycles. The van der Waals surface area contributed by atoms with E-state index in [1.165, 1.54) is 5.56 Å². The zero-order chi connectivity index (χ0) is 10.4. The van der Waals surface area contributed by atoms with Gasteiger partial charge in [-0.2, -0.15) is 5.10 Å². The lowest BCUT2D eigenvalue weighted by atomic mass is 10.1. The first-order valence-corrected chi connectivity index (χ1v) is 5.03. The van der Waals surface area contributed by atoms with Crippen LogP contribution in [0.5, 0.6) is 0 Å². The van der Waals surface area contributed by atoms with E-state index in [1.54, 1.807) is 4.68 Å². The minimum absolute atomic E-state index is 0.172. The summed E-state index contributed by atoms with van der Waals surface area (Å²) in [5.41, 5.74) is 7.13. The molecule has 4 heteroatoms. The van der Waals surface area contributed by atoms with Crippen LogP contribution in [0.25, 0.3) is 0 Å². The lowest BCUT2D eigenvalue weighted by molar-refractivity contribution is 0.140. The molecule has 0 aromatic carbocycles. The fourth-order valence-corrected chi connectivity index (χ4v) is 1.36. The highest BCUT2D eigenvalue weighted by Gasteiger charge is 2.05. The summed E-state index contributed by atoms with van der Waals surface area (Å²) in [6.45, 7) is 3.50. The van der Waals surface area contributed by atoms with Crippen LogP contribution >= 0.6 is 0 Å². The van der Waals surface area contributed by atoms with Gasteiger partial charge in [0.15, 0.2) is 0 Å². The molecule has 14 heavy (non-hydrogen) atoms. The van der Waals surface area contributed by atoms with E-state index in [0.717, 1.165) is 26.1 Å². The lowest BCUT2D eigenvalue weighted by Gasteiger charge is -2.09. The van der Waals surface area contributed by atoms with Crippen LogP contribution in [-0.2, 0) is 18.2 Å². The van der Waals surface area contributed by atoms with Crippen molar-refractivity contribution >= 4 is 0 Å². The zero-order valence-electron chi connectivity index (χ0n) is 8.94. The summed E-state index contributed by atoms with van der Waals surface area (Å²) in [4.78, 5) is 0. The standard InChI is InChI=1S/C10H19N3O/c1-3-14-5-4-10(11)6-9-7-12-13(2)8-9/h7-8,10H,3-6,11H2,1-2H3. The highest BCUT2D eigenvalue weighted by atomic mass is 16.5. The summed E-state index contributed by atoms with van der Waals surface area (Å²) in [5.74, 6) is 0. The average Bonchev–Trinajstić information content (AvgIpc) is 2.52. The van der Waals surface area contributed by atoms with Crippen LogP contribution in [0.4, 0.5) is 0 Å². The maximum absolute atomic E-state index is 5.94. The van der Waals surface area contributed by atoms with E-state index in [9.17, 15) is 0 Å². The van der Waals surface area contributed by atoms with E-state index in [4.69, 9.17) is 10.5 Å². The van der Waals surface area contributed by atoms with Crippen molar-refractivity contribution in [3.63, 3.8) is 0 Å². The van der Waals surface area contributed by atoms with Crippen molar-refractivity contribution in [1.29, 1.82) is 0 Å². The highest BCUT2D eigenvalue weighted by Crippen LogP contribution is 2.02. The van der Waals surface area contributed by atoms with E-state index >= 15 is 0 Å². The van der Waals surface area contributed by atoms with Gasteiger partial charge in [-0.1, -0.05) is 0 Å². The SMILES string of the molecule is CCOCCC(N)Cc1cnn(C)c1. The van der Waals surface area contributed by atoms with Crippen LogP contribution in [0.1, 0.15) is 18.9 Å². The van der Waals surface area contributed by atoms with Gasteiger partial charge < -0.3 is 10.5 Å². The monoisotopic (exact) mass is 197 g/mol. The maximum atomic E-state index is 5.94. The van der Waals surface area contributed by atoms with Gasteiger partial charge in [0.2, 0.25) is 0 Å². The third kappa shape index (κ3) is 3.89. The van der Waals surface area contributed by atoms with Crippen molar-refractivity contribution in [2.45, 2.75) is 25.8 Å². The summed E-state index contributed by atoms with van der Waals surface area (Å²) in [5, 5.41) is 4.10. The van der Waals surface area contributed by atoms with Crippen molar-refractivity contribution in [3.8, 4) is 0 Å². The molecular formula is C10H19N3O. The van der Waals surface area contributed by atoms with Gasteiger partial charge in [0.25, 0.3) is 0 Å². The summed E-state index contributed by atoms with van der Waals surface area (Å²) in [6.07, 6.45) is 5.64. The summed E-state index contributed by atoms with van der Waals surface area (Å²) >= 11 is 0. The third-order valence-electron chi connectivity index (χ3n) is 2.09. The van der Waals surface area contributed by atoms with Crippen LogP contribution in [0, 0.1) is 0 Å². The molecule has 1 heterocycles. The van der Waals surface area contributed by atoms with Gasteiger partial charge in [0.1, 0.15) is 0 Å². The van der Waals surface area contributed by atoms with Gasteiger partial charge in [-0.25, -0.2) is 0 Å². The number of ether oxygens (including phenoxy) is 1. The fourth-order valence-electron chi connectivity index (χ4n) is 1.36. The quantitative estimate of drug-likeness (QED) is 0.684. The van der Waals surface area contributed by atoms with Gasteiger partial charge >= 0.3 is 0 Å². The van der Waals surface area contributed by atoms with Gasteiger partial charge in [0, 0.05) is 32.5 Å². The van der Waals surface area contributed by atoms with E-state index < -0.39 is 0 Å². The summed E-state index contributed by atoms with van der Waals surface area (Å²) in [7, 11) is 1.91. The van der Waals surface area contributed by atoms with Crippen molar-refractivity contribution in [3.05, 3.63) is 18.0 Å². The second-order valence-electron chi connectivity index (χ2n) is 3.47. The van der Waals surface area contributed by atoms with E-state index in [0.29, 0.717) is 0 Å². The van der Waals surface area contributed by atoms with Crippen LogP contribution in [-0.4, -0.2) is 29.0 Å². The van der Waals surface area contributed by atoms with Gasteiger partial charge in [0.05, 0.1) is 6.20 Å². The predicted octanol–water partition coefficient (Wildman–Crippen LogP) is 0.716. The Morgan fingerprint density at radius 2 is 2.43 bits per heavy atom. The van der Waals surface area contributed by atoms with Crippen molar-refractivity contribution in [2.75, 3.05) is 13.2 Å². The third-order valence-corrected chi connectivity index (χ3v) is 2.09. The molecule has 2 N–H and O–H groups in total. The van der Waals surface area contributed by atoms with E-state index in [-0.39, 0.29) is 6.04 Å². The Morgan fingerprint density at radius 1 is 1.64 bits per heavy atom. The predicted molar refractivity (Wildman–Crippen MR) is 56.0 cm³/mol. The van der Waals surface area contributed by atoms with Crippen LogP contribution < -0.4 is 5.73 Å². The molecule has 1 aromatic heterocycles. The zero-order valence-corrected chi connectivity index (χ0v) is 8.94. The first-order valence-electron chi connectivity index (χ1n) is 5.03. The number of rotatable bonds is 6. The number of hydrogen-bond acceptors (Lipinski definition) is 3. The van der Waals surface area contributed by atoms with Crippen LogP contribution in [0.15, 0.2) is 12.4 Å². The Balaban J connectivity index is 2.23. The largest absolute Gasteiger partial charge is 0.382 e. The molecule has 80 valence electrons.